The summed E-state index contributed by atoms with van der Waals surface area (Å²) < 4.78 is 6.13. The molecule has 198 valence electrons. The number of phenolic OH excluding ortho intramolecular Hbond substituents is 1. The maximum atomic E-state index is 13.8. The molecule has 4 aliphatic rings. The summed E-state index contributed by atoms with van der Waals surface area (Å²) in [5.41, 5.74) is 4.74. The summed E-state index contributed by atoms with van der Waals surface area (Å²) in [6.45, 7) is 4.26. The van der Waals surface area contributed by atoms with E-state index in [1.165, 1.54) is 23.1 Å². The van der Waals surface area contributed by atoms with Crippen molar-refractivity contribution in [1.82, 2.24) is 4.90 Å². The van der Waals surface area contributed by atoms with Crippen LogP contribution in [0.3, 0.4) is 0 Å². The Morgan fingerprint density at radius 3 is 2.49 bits per heavy atom. The quantitative estimate of drug-likeness (QED) is 0.290. The van der Waals surface area contributed by atoms with Crippen molar-refractivity contribution in [3.63, 3.8) is 0 Å². The van der Waals surface area contributed by atoms with Gasteiger partial charge in [-0.25, -0.2) is 0 Å². The van der Waals surface area contributed by atoms with Crippen LogP contribution in [0.5, 0.6) is 5.75 Å². The predicted molar refractivity (Wildman–Crippen MR) is 144 cm³/mol. The molecule has 2 aliphatic carbocycles. The van der Waals surface area contributed by atoms with E-state index in [0.717, 1.165) is 56.9 Å². The number of hydrogen-bond donors (Lipinski definition) is 2. The largest absolute Gasteiger partial charge is 0.508 e. The highest BCUT2D eigenvalue weighted by atomic mass is 16.5. The minimum absolute atomic E-state index is 0.00567. The Morgan fingerprint density at radius 1 is 1.08 bits per heavy atom. The standard InChI is InChI=1S/C30H40BNO5/c1-3-19(16-20-10-13-23(33)14-11-20)12-15-26-27-21(4-2)17-24-28(25(27)18-31(36)37-26)30(35)32(29(24)34)22-8-6-5-7-9-22/h10-11,13-14,16,22,24-26,28,33,36H,3-9,12,15,17-18H2,1-2H3/b19-16+/t24-,25+,26-,28-/m1/s1. The van der Waals surface area contributed by atoms with Crippen LogP contribution in [0.15, 0.2) is 41.0 Å². The second-order valence-corrected chi connectivity index (χ2v) is 11.3. The summed E-state index contributed by atoms with van der Waals surface area (Å²) in [6, 6.07) is 7.24. The van der Waals surface area contributed by atoms with Crippen LogP contribution in [0.25, 0.3) is 6.08 Å². The maximum Gasteiger partial charge on any atom is 0.455 e. The molecule has 0 spiro atoms. The van der Waals surface area contributed by atoms with Gasteiger partial charge in [-0.3, -0.25) is 14.5 Å². The number of allylic oxidation sites excluding steroid dienone is 2. The lowest BCUT2D eigenvalue weighted by Gasteiger charge is -2.43. The number of benzene rings is 1. The van der Waals surface area contributed by atoms with Crippen LogP contribution >= 0.6 is 0 Å². The third-order valence-corrected chi connectivity index (χ3v) is 9.15. The zero-order valence-electron chi connectivity index (χ0n) is 22.2. The molecular weight excluding hydrogens is 465 g/mol. The van der Waals surface area contributed by atoms with E-state index in [-0.39, 0.29) is 47.5 Å². The van der Waals surface area contributed by atoms with E-state index in [4.69, 9.17) is 4.65 Å². The van der Waals surface area contributed by atoms with E-state index >= 15 is 0 Å². The molecular formula is C30H40BNO5. The topological polar surface area (TPSA) is 87.1 Å². The molecule has 1 aromatic rings. The van der Waals surface area contributed by atoms with Crippen molar-refractivity contribution in [3.8, 4) is 5.75 Å². The first-order valence-electron chi connectivity index (χ1n) is 14.3. The fourth-order valence-electron chi connectivity index (χ4n) is 7.30. The van der Waals surface area contributed by atoms with Gasteiger partial charge in [0.05, 0.1) is 17.9 Å². The van der Waals surface area contributed by atoms with Gasteiger partial charge in [-0.15, -0.1) is 0 Å². The fraction of sp³-hybridized carbons (Fsp3) is 0.600. The van der Waals surface area contributed by atoms with E-state index < -0.39 is 7.12 Å². The van der Waals surface area contributed by atoms with Crippen LogP contribution in [0, 0.1) is 17.8 Å². The van der Waals surface area contributed by atoms with Gasteiger partial charge in [0.25, 0.3) is 0 Å². The van der Waals surface area contributed by atoms with Crippen LogP contribution < -0.4 is 0 Å². The minimum Gasteiger partial charge on any atom is -0.508 e. The molecule has 0 aromatic heterocycles. The SMILES string of the molecule is CCC1=C2[C@@H](CC/C(=C/c3ccc(O)cc3)CC)OB(O)C[C@@H]2[C@@H]2C(=O)N(C3CCCCC3)C(=O)[C@@H]2C1. The summed E-state index contributed by atoms with van der Waals surface area (Å²) in [6.07, 6.45) is 11.4. The number of likely N-dealkylation sites (tertiary alicyclic amines) is 1. The first kappa shape index (κ1) is 26.2. The zero-order chi connectivity index (χ0) is 26.1. The number of carbonyl (C=O) groups is 2. The highest BCUT2D eigenvalue weighted by Crippen LogP contribution is 2.52. The molecule has 0 radical (unpaired) electrons. The Kier molecular flexibility index (Phi) is 7.92. The van der Waals surface area contributed by atoms with E-state index in [0.29, 0.717) is 12.7 Å². The van der Waals surface area contributed by atoms with Crippen LogP contribution in [0.1, 0.15) is 83.6 Å². The first-order chi connectivity index (χ1) is 17.9. The lowest BCUT2D eigenvalue weighted by atomic mass is 9.58. The summed E-state index contributed by atoms with van der Waals surface area (Å²) >= 11 is 0. The molecule has 2 N–H and O–H groups in total. The molecule has 2 amide bonds. The van der Waals surface area contributed by atoms with Crippen molar-refractivity contribution in [3.05, 3.63) is 46.5 Å². The minimum atomic E-state index is -0.923. The molecule has 7 heteroatoms. The number of fused-ring (bicyclic) bond motifs is 3. The molecule has 0 bridgehead atoms. The van der Waals surface area contributed by atoms with Crippen LogP contribution in [0.2, 0.25) is 6.32 Å². The van der Waals surface area contributed by atoms with E-state index in [9.17, 15) is 19.7 Å². The van der Waals surface area contributed by atoms with Gasteiger partial charge >= 0.3 is 7.12 Å². The summed E-state index contributed by atoms with van der Waals surface area (Å²) in [5, 5.41) is 20.3. The number of imide groups is 1. The lowest BCUT2D eigenvalue weighted by molar-refractivity contribution is -0.143. The molecule has 3 fully saturated rings. The van der Waals surface area contributed by atoms with Crippen molar-refractivity contribution in [2.24, 2.45) is 17.8 Å². The molecule has 2 heterocycles. The first-order valence-corrected chi connectivity index (χ1v) is 14.3. The van der Waals surface area contributed by atoms with Crippen LogP contribution in [-0.2, 0) is 14.2 Å². The van der Waals surface area contributed by atoms with E-state index in [1.807, 2.05) is 12.1 Å². The smallest absolute Gasteiger partial charge is 0.455 e. The fourth-order valence-corrected chi connectivity index (χ4v) is 7.30. The summed E-state index contributed by atoms with van der Waals surface area (Å²) in [4.78, 5) is 29.0. The maximum absolute atomic E-state index is 13.8. The Bertz CT molecular complexity index is 1070. The van der Waals surface area contributed by atoms with Gasteiger partial charge in [-0.2, -0.15) is 0 Å². The van der Waals surface area contributed by atoms with Gasteiger partial charge in [0, 0.05) is 6.04 Å². The monoisotopic (exact) mass is 505 g/mol. The van der Waals surface area contributed by atoms with E-state index in [2.05, 4.69) is 19.9 Å². The molecule has 1 aromatic carbocycles. The van der Waals surface area contributed by atoms with Gasteiger partial charge in [0.15, 0.2) is 0 Å². The Hall–Kier alpha value is -2.38. The molecule has 5 rings (SSSR count). The van der Waals surface area contributed by atoms with E-state index in [1.54, 1.807) is 17.0 Å². The van der Waals surface area contributed by atoms with Gasteiger partial charge in [0.1, 0.15) is 5.75 Å². The number of carbonyl (C=O) groups excluding carboxylic acids is 2. The van der Waals surface area contributed by atoms with Crippen LogP contribution in [-0.4, -0.2) is 46.1 Å². The number of aromatic hydroxyl groups is 1. The number of hydrogen-bond acceptors (Lipinski definition) is 5. The van der Waals surface area contributed by atoms with Gasteiger partial charge in [0.2, 0.25) is 11.8 Å². The van der Waals surface area contributed by atoms with Crippen molar-refractivity contribution < 1.29 is 24.4 Å². The van der Waals surface area contributed by atoms with Crippen molar-refractivity contribution in [1.29, 1.82) is 0 Å². The number of rotatable bonds is 7. The molecule has 2 aliphatic heterocycles. The Morgan fingerprint density at radius 2 is 1.81 bits per heavy atom. The third kappa shape index (κ3) is 5.17. The number of phenols is 1. The third-order valence-electron chi connectivity index (χ3n) is 9.15. The molecule has 37 heavy (non-hydrogen) atoms. The average Bonchev–Trinajstić information content (AvgIpc) is 3.16. The Balaban J connectivity index is 1.38. The van der Waals surface area contributed by atoms with Crippen LogP contribution in [0.4, 0.5) is 0 Å². The van der Waals surface area contributed by atoms with Gasteiger partial charge < -0.3 is 14.8 Å². The lowest BCUT2D eigenvalue weighted by Crippen LogP contribution is -2.46. The summed E-state index contributed by atoms with van der Waals surface area (Å²) in [7, 11) is -0.923. The van der Waals surface area contributed by atoms with Crippen molar-refractivity contribution >= 4 is 25.0 Å². The van der Waals surface area contributed by atoms with Crippen molar-refractivity contribution in [2.45, 2.75) is 96.5 Å². The average molecular weight is 505 g/mol. The second kappa shape index (κ2) is 11.2. The molecule has 4 atom stereocenters. The predicted octanol–water partition coefficient (Wildman–Crippen LogP) is 5.51. The van der Waals surface area contributed by atoms with Gasteiger partial charge in [-0.05, 0) is 80.5 Å². The van der Waals surface area contributed by atoms with Gasteiger partial charge in [-0.1, -0.05) is 62.5 Å². The zero-order valence-corrected chi connectivity index (χ0v) is 22.2. The normalized spacial score (nSPS) is 29.1. The summed E-state index contributed by atoms with van der Waals surface area (Å²) in [5.74, 6) is -0.506. The molecule has 6 nitrogen and oxygen atoms in total. The molecule has 0 unspecified atom stereocenters. The highest BCUT2D eigenvalue weighted by Gasteiger charge is 2.58. The number of amides is 2. The molecule has 1 saturated carbocycles. The second-order valence-electron chi connectivity index (χ2n) is 11.3. The molecule has 2 saturated heterocycles. The Labute approximate surface area is 220 Å². The van der Waals surface area contributed by atoms with Crippen molar-refractivity contribution in [2.75, 3.05) is 0 Å². The highest BCUT2D eigenvalue weighted by molar-refractivity contribution is 6.43. The number of nitrogens with zero attached hydrogens (tertiary/aromatic N) is 1.